The normalized spacial score (nSPS) is 16.6. The molecule has 1 aliphatic rings. The number of amides is 1. The number of aromatic nitrogens is 1. The molecule has 1 fully saturated rings. The molecular weight excluding hydrogens is 435 g/mol. The summed E-state index contributed by atoms with van der Waals surface area (Å²) in [5.41, 5.74) is 0.971. The van der Waals surface area contributed by atoms with Gasteiger partial charge in [0.1, 0.15) is 10.5 Å². The topological polar surface area (TPSA) is 36.4 Å². The minimum atomic E-state index is -4.99. The van der Waals surface area contributed by atoms with Crippen molar-refractivity contribution in [3.05, 3.63) is 82.3 Å². The highest BCUT2D eigenvalue weighted by Gasteiger charge is 2.53. The van der Waals surface area contributed by atoms with Gasteiger partial charge in [0, 0.05) is 36.4 Å². The van der Waals surface area contributed by atoms with Crippen molar-refractivity contribution in [1.82, 2.24) is 9.88 Å². The number of anilines is 1. The fraction of sp³-hybridized carbons (Fsp3) is 0.333. The molecule has 1 amide bonds. The van der Waals surface area contributed by atoms with E-state index in [2.05, 4.69) is 9.88 Å². The zero-order chi connectivity index (χ0) is 22.8. The van der Waals surface area contributed by atoms with Crippen LogP contribution in [0.25, 0.3) is 0 Å². The van der Waals surface area contributed by atoms with Crippen molar-refractivity contribution < 1.29 is 18.0 Å². The lowest BCUT2D eigenvalue weighted by Crippen LogP contribution is -2.58. The van der Waals surface area contributed by atoms with Gasteiger partial charge in [0.2, 0.25) is 0 Å². The van der Waals surface area contributed by atoms with Crippen LogP contribution in [0.4, 0.5) is 18.9 Å². The van der Waals surface area contributed by atoms with Gasteiger partial charge >= 0.3 is 12.1 Å². The number of carbonyl (C=O) groups excluding carboxylic acids is 1. The molecule has 0 spiro atoms. The Labute approximate surface area is 189 Å². The van der Waals surface area contributed by atoms with E-state index in [1.165, 1.54) is 11.3 Å². The summed E-state index contributed by atoms with van der Waals surface area (Å²) >= 11 is 1.32. The Hall–Kier alpha value is -2.71. The zero-order valence-electron chi connectivity index (χ0n) is 17.7. The first-order chi connectivity index (χ1) is 15.3. The van der Waals surface area contributed by atoms with Crippen LogP contribution in [0.15, 0.2) is 66.0 Å². The van der Waals surface area contributed by atoms with Gasteiger partial charge in [0.25, 0.3) is 0 Å². The lowest BCUT2D eigenvalue weighted by Gasteiger charge is -2.47. The second-order valence-corrected chi connectivity index (χ2v) is 8.92. The molecule has 1 saturated heterocycles. The third kappa shape index (κ3) is 4.56. The molecule has 0 atom stereocenters. The zero-order valence-corrected chi connectivity index (χ0v) is 18.5. The number of halogens is 3. The van der Waals surface area contributed by atoms with Crippen molar-refractivity contribution in [2.45, 2.75) is 38.0 Å². The highest BCUT2D eigenvalue weighted by Crippen LogP contribution is 2.45. The van der Waals surface area contributed by atoms with E-state index in [4.69, 9.17) is 0 Å². The maximum Gasteiger partial charge on any atom is 0.471 e. The number of piperidine rings is 1. The minimum Gasteiger partial charge on any atom is -0.299 e. The predicted molar refractivity (Wildman–Crippen MR) is 119 cm³/mol. The van der Waals surface area contributed by atoms with Gasteiger partial charge in [-0.05, 0) is 37.5 Å². The monoisotopic (exact) mass is 459 g/mol. The quantitative estimate of drug-likeness (QED) is 0.503. The molecule has 0 unspecified atom stereocenters. The maximum absolute atomic E-state index is 13.8. The summed E-state index contributed by atoms with van der Waals surface area (Å²) in [5.74, 6) is -1.85. The second-order valence-electron chi connectivity index (χ2n) is 8.06. The molecule has 0 N–H and O–H groups in total. The number of thiazole rings is 1. The van der Waals surface area contributed by atoms with E-state index in [1.807, 2.05) is 42.6 Å². The molecule has 4 rings (SSSR count). The lowest BCUT2D eigenvalue weighted by atomic mass is 9.85. The number of alkyl halides is 3. The fourth-order valence-electron chi connectivity index (χ4n) is 4.29. The van der Waals surface area contributed by atoms with Crippen LogP contribution >= 0.6 is 11.3 Å². The number of benzene rings is 2. The molecule has 0 bridgehead atoms. The first-order valence-corrected chi connectivity index (χ1v) is 11.3. The number of carbonyl (C=O) groups is 1. The van der Waals surface area contributed by atoms with Crippen LogP contribution in [0.5, 0.6) is 0 Å². The average Bonchev–Trinajstić information content (AvgIpc) is 3.23. The lowest BCUT2D eigenvalue weighted by molar-refractivity contribution is -0.172. The van der Waals surface area contributed by atoms with E-state index < -0.39 is 17.6 Å². The van der Waals surface area contributed by atoms with Gasteiger partial charge in [0.05, 0.1) is 0 Å². The van der Waals surface area contributed by atoms with Gasteiger partial charge in [-0.25, -0.2) is 4.98 Å². The van der Waals surface area contributed by atoms with Gasteiger partial charge in [0.15, 0.2) is 0 Å². The van der Waals surface area contributed by atoms with Crippen molar-refractivity contribution in [3.63, 3.8) is 0 Å². The second kappa shape index (κ2) is 9.03. The molecule has 8 heteroatoms. The van der Waals surface area contributed by atoms with E-state index in [0.717, 1.165) is 16.2 Å². The van der Waals surface area contributed by atoms with Crippen LogP contribution in [0.3, 0.4) is 0 Å². The third-order valence-electron chi connectivity index (χ3n) is 5.84. The van der Waals surface area contributed by atoms with Crippen molar-refractivity contribution in [2.24, 2.45) is 0 Å². The van der Waals surface area contributed by atoms with Gasteiger partial charge in [-0.2, -0.15) is 13.2 Å². The van der Waals surface area contributed by atoms with E-state index in [1.54, 1.807) is 30.3 Å². The number of hydrogen-bond donors (Lipinski definition) is 0. The molecular formula is C24H24F3N3OS. The molecule has 3 aromatic rings. The largest absolute Gasteiger partial charge is 0.471 e. The number of nitrogens with zero attached hydrogens (tertiary/aromatic N) is 3. The van der Waals surface area contributed by atoms with Crippen LogP contribution in [0, 0.1) is 6.92 Å². The summed E-state index contributed by atoms with van der Waals surface area (Å²) in [6.07, 6.45) is -4.26. The van der Waals surface area contributed by atoms with Crippen LogP contribution in [-0.2, 0) is 16.9 Å². The van der Waals surface area contributed by atoms with Gasteiger partial charge < -0.3 is 0 Å². The predicted octanol–water partition coefficient (Wildman–Crippen LogP) is 5.54. The smallest absolute Gasteiger partial charge is 0.299 e. The van der Waals surface area contributed by atoms with Crippen molar-refractivity contribution in [3.8, 4) is 0 Å². The SMILES string of the molecule is Cc1csc(C2(N(C(=O)C(F)(F)F)c3ccccc3)CCN(Cc3ccccc3)CC2)n1. The number of rotatable bonds is 5. The Morgan fingerprint density at radius 2 is 1.66 bits per heavy atom. The van der Waals surface area contributed by atoms with E-state index in [0.29, 0.717) is 37.5 Å². The fourth-order valence-corrected chi connectivity index (χ4v) is 5.33. The molecule has 32 heavy (non-hydrogen) atoms. The number of para-hydroxylation sites is 1. The number of hydrogen-bond acceptors (Lipinski definition) is 4. The summed E-state index contributed by atoms with van der Waals surface area (Å²) in [6, 6.07) is 18.1. The summed E-state index contributed by atoms with van der Waals surface area (Å²) in [6.45, 7) is 3.65. The van der Waals surface area contributed by atoms with Crippen molar-refractivity contribution in [2.75, 3.05) is 18.0 Å². The molecule has 168 valence electrons. The van der Waals surface area contributed by atoms with Crippen LogP contribution in [0.1, 0.15) is 29.1 Å². The van der Waals surface area contributed by atoms with Crippen LogP contribution in [-0.4, -0.2) is 35.1 Å². The summed E-state index contributed by atoms with van der Waals surface area (Å²) in [4.78, 5) is 20.5. The third-order valence-corrected chi connectivity index (χ3v) is 6.99. The molecule has 4 nitrogen and oxygen atoms in total. The van der Waals surface area contributed by atoms with Crippen LogP contribution < -0.4 is 4.90 Å². The van der Waals surface area contributed by atoms with E-state index in [9.17, 15) is 18.0 Å². The molecule has 0 saturated carbocycles. The van der Waals surface area contributed by atoms with E-state index >= 15 is 0 Å². The van der Waals surface area contributed by atoms with E-state index in [-0.39, 0.29) is 5.69 Å². The molecule has 2 aromatic carbocycles. The van der Waals surface area contributed by atoms with Crippen LogP contribution in [0.2, 0.25) is 0 Å². The standard InChI is InChI=1S/C24H24F3N3OS/c1-18-17-32-21(28-18)23(12-14-29(15-13-23)16-19-8-4-2-5-9-19)30(22(31)24(25,26)27)20-10-6-3-7-11-20/h2-11,17H,12-16H2,1H3. The Balaban J connectivity index is 1.72. The summed E-state index contributed by atoms with van der Waals surface area (Å²) in [5, 5.41) is 2.38. The van der Waals surface area contributed by atoms with Crippen molar-refractivity contribution >= 4 is 22.9 Å². The minimum absolute atomic E-state index is 0.235. The first-order valence-electron chi connectivity index (χ1n) is 10.4. The Morgan fingerprint density at radius 3 is 2.19 bits per heavy atom. The molecule has 1 aromatic heterocycles. The molecule has 0 radical (unpaired) electrons. The van der Waals surface area contributed by atoms with Gasteiger partial charge in [-0.3, -0.25) is 14.6 Å². The summed E-state index contributed by atoms with van der Waals surface area (Å²) < 4.78 is 41.3. The molecule has 0 aliphatic carbocycles. The maximum atomic E-state index is 13.8. The van der Waals surface area contributed by atoms with Gasteiger partial charge in [-0.1, -0.05) is 48.5 Å². The van der Waals surface area contributed by atoms with Crippen molar-refractivity contribution in [1.29, 1.82) is 0 Å². The first kappa shape index (κ1) is 22.5. The highest BCUT2D eigenvalue weighted by atomic mass is 32.1. The van der Waals surface area contributed by atoms with Gasteiger partial charge in [-0.15, -0.1) is 11.3 Å². The number of likely N-dealkylation sites (tertiary alicyclic amines) is 1. The number of aryl methyl sites for hydroxylation is 1. The molecule has 1 aliphatic heterocycles. The Kier molecular flexibility index (Phi) is 6.35. The molecule has 2 heterocycles. The Bertz CT molecular complexity index is 1050. The average molecular weight is 460 g/mol. The Morgan fingerprint density at radius 1 is 1.06 bits per heavy atom. The summed E-state index contributed by atoms with van der Waals surface area (Å²) in [7, 11) is 0. The highest BCUT2D eigenvalue weighted by molar-refractivity contribution is 7.09.